The van der Waals surface area contributed by atoms with Gasteiger partial charge in [-0.3, -0.25) is 4.79 Å². The van der Waals surface area contributed by atoms with E-state index in [0.717, 1.165) is 32.6 Å². The second-order valence-electron chi connectivity index (χ2n) is 3.52. The highest BCUT2D eigenvalue weighted by Crippen LogP contribution is 2.13. The van der Waals surface area contributed by atoms with Crippen molar-refractivity contribution in [3.63, 3.8) is 0 Å². The van der Waals surface area contributed by atoms with Gasteiger partial charge in [0.05, 0.1) is 0 Å². The Morgan fingerprint density at radius 3 is 2.77 bits per heavy atom. The number of hydrogen-bond acceptors (Lipinski definition) is 3. The van der Waals surface area contributed by atoms with E-state index in [9.17, 15) is 4.79 Å². The summed E-state index contributed by atoms with van der Waals surface area (Å²) in [6.45, 7) is 4.08. The van der Waals surface area contributed by atoms with Crippen molar-refractivity contribution >= 4 is 5.97 Å². The molecule has 76 valence electrons. The van der Waals surface area contributed by atoms with Crippen LogP contribution in [0.4, 0.5) is 0 Å². The Kier molecular flexibility index (Phi) is 4.18. The standard InChI is InChI=1S/C9H17NO3/c1-7(9(11)12)10-6-8-2-4-13-5-3-8/h7-8,10H,2-6H2,1H3,(H,11,12)/t7-/m0/s1. The lowest BCUT2D eigenvalue weighted by Gasteiger charge is -2.23. The molecule has 0 aromatic carbocycles. The smallest absolute Gasteiger partial charge is 0.320 e. The topological polar surface area (TPSA) is 58.6 Å². The van der Waals surface area contributed by atoms with Gasteiger partial charge in [-0.1, -0.05) is 0 Å². The van der Waals surface area contributed by atoms with Crippen molar-refractivity contribution in [2.75, 3.05) is 19.8 Å². The molecule has 1 aliphatic heterocycles. The summed E-state index contributed by atoms with van der Waals surface area (Å²) in [4.78, 5) is 10.5. The quantitative estimate of drug-likeness (QED) is 0.672. The molecule has 1 aliphatic rings. The first kappa shape index (κ1) is 10.5. The first-order chi connectivity index (χ1) is 6.20. The van der Waals surface area contributed by atoms with Gasteiger partial charge in [0.1, 0.15) is 6.04 Å². The van der Waals surface area contributed by atoms with Crippen LogP contribution in [-0.4, -0.2) is 36.9 Å². The second-order valence-corrected chi connectivity index (χ2v) is 3.52. The number of nitrogens with one attached hydrogen (secondary N) is 1. The molecule has 4 heteroatoms. The maximum Gasteiger partial charge on any atom is 0.320 e. The summed E-state index contributed by atoms with van der Waals surface area (Å²) in [5, 5.41) is 11.6. The molecule has 0 aliphatic carbocycles. The fraction of sp³-hybridized carbons (Fsp3) is 0.889. The van der Waals surface area contributed by atoms with Gasteiger partial charge in [-0.15, -0.1) is 0 Å². The molecule has 0 saturated carbocycles. The van der Waals surface area contributed by atoms with Gasteiger partial charge in [0.2, 0.25) is 0 Å². The third-order valence-corrected chi connectivity index (χ3v) is 2.42. The minimum Gasteiger partial charge on any atom is -0.480 e. The van der Waals surface area contributed by atoms with E-state index in [-0.39, 0.29) is 0 Å². The van der Waals surface area contributed by atoms with Gasteiger partial charge in [-0.2, -0.15) is 0 Å². The van der Waals surface area contributed by atoms with Crippen molar-refractivity contribution in [3.8, 4) is 0 Å². The van der Waals surface area contributed by atoms with Crippen LogP contribution in [0.15, 0.2) is 0 Å². The van der Waals surface area contributed by atoms with E-state index < -0.39 is 12.0 Å². The zero-order chi connectivity index (χ0) is 9.68. The molecule has 1 fully saturated rings. The Morgan fingerprint density at radius 1 is 1.62 bits per heavy atom. The summed E-state index contributed by atoms with van der Waals surface area (Å²) in [7, 11) is 0. The van der Waals surface area contributed by atoms with Gasteiger partial charge < -0.3 is 15.2 Å². The van der Waals surface area contributed by atoms with Gasteiger partial charge in [-0.05, 0) is 32.2 Å². The van der Waals surface area contributed by atoms with Gasteiger partial charge in [-0.25, -0.2) is 0 Å². The predicted molar refractivity (Wildman–Crippen MR) is 48.6 cm³/mol. The summed E-state index contributed by atoms with van der Waals surface area (Å²) >= 11 is 0. The second kappa shape index (κ2) is 5.19. The number of aliphatic carboxylic acids is 1. The largest absolute Gasteiger partial charge is 0.480 e. The maximum atomic E-state index is 10.5. The van der Waals surface area contributed by atoms with Crippen LogP contribution in [0, 0.1) is 5.92 Å². The van der Waals surface area contributed by atoms with Crippen molar-refractivity contribution in [3.05, 3.63) is 0 Å². The molecular formula is C9H17NO3. The number of rotatable bonds is 4. The minimum atomic E-state index is -0.785. The van der Waals surface area contributed by atoms with Gasteiger partial charge in [0, 0.05) is 13.2 Å². The normalized spacial score (nSPS) is 21.3. The van der Waals surface area contributed by atoms with E-state index in [0.29, 0.717) is 5.92 Å². The molecule has 13 heavy (non-hydrogen) atoms. The van der Waals surface area contributed by atoms with Gasteiger partial charge in [0.25, 0.3) is 0 Å². The van der Waals surface area contributed by atoms with Crippen molar-refractivity contribution in [1.29, 1.82) is 0 Å². The lowest BCUT2D eigenvalue weighted by Crippen LogP contribution is -2.38. The highest BCUT2D eigenvalue weighted by molar-refractivity contribution is 5.72. The van der Waals surface area contributed by atoms with Crippen LogP contribution >= 0.6 is 0 Å². The third kappa shape index (κ3) is 3.74. The first-order valence-corrected chi connectivity index (χ1v) is 4.74. The van der Waals surface area contributed by atoms with Crippen LogP contribution in [0.1, 0.15) is 19.8 Å². The molecule has 0 radical (unpaired) electrons. The minimum absolute atomic E-state index is 0.442. The molecule has 1 heterocycles. The van der Waals surface area contributed by atoms with E-state index in [4.69, 9.17) is 9.84 Å². The van der Waals surface area contributed by atoms with E-state index in [1.54, 1.807) is 6.92 Å². The first-order valence-electron chi connectivity index (χ1n) is 4.74. The van der Waals surface area contributed by atoms with Crippen LogP contribution in [0.3, 0.4) is 0 Å². The molecule has 0 aromatic rings. The molecule has 2 N–H and O–H groups in total. The Bertz CT molecular complexity index is 166. The van der Waals surface area contributed by atoms with Gasteiger partial charge in [0.15, 0.2) is 0 Å². The number of carboxylic acids is 1. The molecule has 0 unspecified atom stereocenters. The van der Waals surface area contributed by atoms with Crippen molar-refractivity contribution in [2.24, 2.45) is 5.92 Å². The zero-order valence-corrected chi connectivity index (χ0v) is 7.95. The summed E-state index contributed by atoms with van der Waals surface area (Å²) in [5.74, 6) is -0.206. The molecule has 0 bridgehead atoms. The van der Waals surface area contributed by atoms with Crippen molar-refractivity contribution < 1.29 is 14.6 Å². The van der Waals surface area contributed by atoms with E-state index in [1.807, 2.05) is 0 Å². The zero-order valence-electron chi connectivity index (χ0n) is 7.95. The highest BCUT2D eigenvalue weighted by Gasteiger charge is 2.16. The number of carboxylic acid groups (broad SMARTS) is 1. The van der Waals surface area contributed by atoms with Crippen LogP contribution in [0.2, 0.25) is 0 Å². The summed E-state index contributed by atoms with van der Waals surface area (Å²) < 4.78 is 5.21. The monoisotopic (exact) mass is 187 g/mol. The molecular weight excluding hydrogens is 170 g/mol. The Balaban J connectivity index is 2.13. The van der Waals surface area contributed by atoms with Crippen molar-refractivity contribution in [2.45, 2.75) is 25.8 Å². The Labute approximate surface area is 78.3 Å². The van der Waals surface area contributed by atoms with Crippen LogP contribution < -0.4 is 5.32 Å². The van der Waals surface area contributed by atoms with Gasteiger partial charge >= 0.3 is 5.97 Å². The molecule has 1 rings (SSSR count). The average molecular weight is 187 g/mol. The molecule has 1 saturated heterocycles. The van der Waals surface area contributed by atoms with E-state index in [1.165, 1.54) is 0 Å². The van der Waals surface area contributed by atoms with Crippen LogP contribution in [-0.2, 0) is 9.53 Å². The summed E-state index contributed by atoms with van der Waals surface area (Å²) in [6, 6.07) is -0.442. The number of carbonyl (C=O) groups is 1. The van der Waals surface area contributed by atoms with E-state index in [2.05, 4.69) is 5.32 Å². The van der Waals surface area contributed by atoms with Crippen LogP contribution in [0.5, 0.6) is 0 Å². The number of hydrogen-bond donors (Lipinski definition) is 2. The SMILES string of the molecule is C[C@H](NCC1CCOCC1)C(=O)O. The Morgan fingerprint density at radius 2 is 2.23 bits per heavy atom. The molecule has 0 aromatic heterocycles. The summed E-state index contributed by atoms with van der Waals surface area (Å²) in [5.41, 5.74) is 0. The molecule has 1 atom stereocenters. The van der Waals surface area contributed by atoms with E-state index >= 15 is 0 Å². The Hall–Kier alpha value is -0.610. The number of ether oxygens (including phenoxy) is 1. The maximum absolute atomic E-state index is 10.5. The summed E-state index contributed by atoms with van der Waals surface area (Å²) in [6.07, 6.45) is 2.08. The fourth-order valence-corrected chi connectivity index (χ4v) is 1.38. The fourth-order valence-electron chi connectivity index (χ4n) is 1.38. The lowest BCUT2D eigenvalue weighted by atomic mass is 10.0. The molecule has 4 nitrogen and oxygen atoms in total. The third-order valence-electron chi connectivity index (χ3n) is 2.42. The van der Waals surface area contributed by atoms with Crippen molar-refractivity contribution in [1.82, 2.24) is 5.32 Å². The average Bonchev–Trinajstić information content (AvgIpc) is 2.15. The van der Waals surface area contributed by atoms with Crippen LogP contribution in [0.25, 0.3) is 0 Å². The lowest BCUT2D eigenvalue weighted by molar-refractivity contribution is -0.139. The molecule has 0 spiro atoms. The highest BCUT2D eigenvalue weighted by atomic mass is 16.5. The predicted octanol–water partition coefficient (Wildman–Crippen LogP) is 0.476. The molecule has 0 amide bonds.